The zero-order chi connectivity index (χ0) is 10.5. The van der Waals surface area contributed by atoms with E-state index in [9.17, 15) is 0 Å². The van der Waals surface area contributed by atoms with E-state index in [1.165, 1.54) is 42.3 Å². The number of hydrogen-bond donors (Lipinski definition) is 1. The van der Waals surface area contributed by atoms with Crippen LogP contribution < -0.4 is 5.32 Å². The van der Waals surface area contributed by atoms with Crippen molar-refractivity contribution in [1.29, 1.82) is 0 Å². The molecule has 1 aliphatic carbocycles. The highest BCUT2D eigenvalue weighted by atomic mass is 79.9. The minimum atomic E-state index is 0.928. The lowest BCUT2D eigenvalue weighted by Gasteiger charge is -2.10. The summed E-state index contributed by atoms with van der Waals surface area (Å²) in [5.41, 5.74) is 1.36. The van der Waals surface area contributed by atoms with Crippen LogP contribution in [0.4, 0.5) is 0 Å². The normalized spacial score (nSPS) is 17.1. The monoisotopic (exact) mass is 267 g/mol. The summed E-state index contributed by atoms with van der Waals surface area (Å²) in [5, 5.41) is 3.55. The van der Waals surface area contributed by atoms with Crippen LogP contribution in [0.25, 0.3) is 0 Å². The second kappa shape index (κ2) is 5.66. The second-order valence-corrected chi connectivity index (χ2v) is 5.33. The van der Waals surface area contributed by atoms with Crippen LogP contribution in [0, 0.1) is 5.92 Å². The maximum absolute atomic E-state index is 3.55. The van der Waals surface area contributed by atoms with E-state index in [1.807, 2.05) is 0 Å². The molecule has 0 unspecified atom stereocenters. The van der Waals surface area contributed by atoms with E-state index in [4.69, 9.17) is 0 Å². The SMILES string of the molecule is Brc1cccc(CNCC2CCCC2)c1. The van der Waals surface area contributed by atoms with E-state index in [1.54, 1.807) is 0 Å². The maximum Gasteiger partial charge on any atom is 0.0206 e. The lowest BCUT2D eigenvalue weighted by atomic mass is 10.1. The molecule has 2 heteroatoms. The molecular formula is C13H18BrN. The smallest absolute Gasteiger partial charge is 0.0206 e. The molecule has 0 spiro atoms. The van der Waals surface area contributed by atoms with Gasteiger partial charge in [-0.3, -0.25) is 0 Å². The van der Waals surface area contributed by atoms with Gasteiger partial charge in [0.15, 0.2) is 0 Å². The molecule has 1 fully saturated rings. The summed E-state index contributed by atoms with van der Waals surface area (Å²) in [4.78, 5) is 0. The highest BCUT2D eigenvalue weighted by Crippen LogP contribution is 2.23. The van der Waals surface area contributed by atoms with Crippen molar-refractivity contribution in [2.45, 2.75) is 32.2 Å². The van der Waals surface area contributed by atoms with E-state index in [0.29, 0.717) is 0 Å². The Bertz CT molecular complexity index is 305. The summed E-state index contributed by atoms with van der Waals surface area (Å²) in [5.74, 6) is 0.928. The van der Waals surface area contributed by atoms with Crippen LogP contribution in [-0.4, -0.2) is 6.54 Å². The van der Waals surface area contributed by atoms with Gasteiger partial charge in [-0.1, -0.05) is 40.9 Å². The van der Waals surface area contributed by atoms with Gasteiger partial charge in [-0.05, 0) is 43.0 Å². The van der Waals surface area contributed by atoms with Crippen LogP contribution >= 0.6 is 15.9 Å². The number of rotatable bonds is 4. The Morgan fingerprint density at radius 3 is 2.80 bits per heavy atom. The van der Waals surface area contributed by atoms with Gasteiger partial charge in [0, 0.05) is 11.0 Å². The van der Waals surface area contributed by atoms with Crippen molar-refractivity contribution in [3.63, 3.8) is 0 Å². The van der Waals surface area contributed by atoms with Crippen molar-refractivity contribution in [2.75, 3.05) is 6.54 Å². The fourth-order valence-electron chi connectivity index (χ4n) is 2.28. The Hall–Kier alpha value is -0.340. The molecule has 1 aliphatic rings. The Balaban J connectivity index is 1.73. The highest BCUT2D eigenvalue weighted by Gasteiger charge is 2.13. The van der Waals surface area contributed by atoms with E-state index in [0.717, 1.165) is 12.5 Å². The molecule has 0 aromatic heterocycles. The fourth-order valence-corrected chi connectivity index (χ4v) is 2.73. The minimum Gasteiger partial charge on any atom is -0.312 e. The van der Waals surface area contributed by atoms with E-state index >= 15 is 0 Å². The summed E-state index contributed by atoms with van der Waals surface area (Å²) in [6.45, 7) is 2.18. The summed E-state index contributed by atoms with van der Waals surface area (Å²) in [6, 6.07) is 8.52. The van der Waals surface area contributed by atoms with Crippen molar-refractivity contribution in [3.8, 4) is 0 Å². The molecular weight excluding hydrogens is 250 g/mol. The van der Waals surface area contributed by atoms with Gasteiger partial charge < -0.3 is 5.32 Å². The summed E-state index contributed by atoms with van der Waals surface area (Å²) < 4.78 is 1.17. The first-order valence-corrected chi connectivity index (χ1v) is 6.59. The third-order valence-electron chi connectivity index (χ3n) is 3.13. The predicted octanol–water partition coefficient (Wildman–Crippen LogP) is 3.73. The number of nitrogens with one attached hydrogen (secondary N) is 1. The van der Waals surface area contributed by atoms with Crippen LogP contribution in [-0.2, 0) is 6.54 Å². The molecule has 1 saturated carbocycles. The van der Waals surface area contributed by atoms with Crippen molar-refractivity contribution < 1.29 is 0 Å². The Morgan fingerprint density at radius 2 is 2.07 bits per heavy atom. The van der Waals surface area contributed by atoms with Crippen LogP contribution in [0.5, 0.6) is 0 Å². The van der Waals surface area contributed by atoms with Crippen LogP contribution in [0.2, 0.25) is 0 Å². The molecule has 0 amide bonds. The quantitative estimate of drug-likeness (QED) is 0.877. The molecule has 0 saturated heterocycles. The zero-order valence-corrected chi connectivity index (χ0v) is 10.6. The van der Waals surface area contributed by atoms with Gasteiger partial charge in [-0.2, -0.15) is 0 Å². The predicted molar refractivity (Wildman–Crippen MR) is 67.8 cm³/mol. The van der Waals surface area contributed by atoms with E-state index in [-0.39, 0.29) is 0 Å². The van der Waals surface area contributed by atoms with Crippen molar-refractivity contribution in [2.24, 2.45) is 5.92 Å². The molecule has 0 atom stereocenters. The van der Waals surface area contributed by atoms with Gasteiger partial charge >= 0.3 is 0 Å². The zero-order valence-electron chi connectivity index (χ0n) is 9.01. The number of benzene rings is 1. The summed E-state index contributed by atoms with van der Waals surface area (Å²) in [6.07, 6.45) is 5.71. The third-order valence-corrected chi connectivity index (χ3v) is 3.62. The first kappa shape index (κ1) is 11.2. The molecule has 1 N–H and O–H groups in total. The number of hydrogen-bond acceptors (Lipinski definition) is 1. The molecule has 0 aliphatic heterocycles. The topological polar surface area (TPSA) is 12.0 Å². The summed E-state index contributed by atoms with van der Waals surface area (Å²) >= 11 is 3.49. The lowest BCUT2D eigenvalue weighted by Crippen LogP contribution is -2.20. The second-order valence-electron chi connectivity index (χ2n) is 4.41. The Labute approximate surface area is 100 Å². The largest absolute Gasteiger partial charge is 0.312 e. The summed E-state index contributed by atoms with van der Waals surface area (Å²) in [7, 11) is 0. The van der Waals surface area contributed by atoms with Gasteiger partial charge in [0.2, 0.25) is 0 Å². The van der Waals surface area contributed by atoms with E-state index < -0.39 is 0 Å². The molecule has 1 nitrogen and oxygen atoms in total. The van der Waals surface area contributed by atoms with Gasteiger partial charge in [0.05, 0.1) is 0 Å². The molecule has 82 valence electrons. The van der Waals surface area contributed by atoms with Crippen LogP contribution in [0.3, 0.4) is 0 Å². The Morgan fingerprint density at radius 1 is 1.27 bits per heavy atom. The molecule has 0 radical (unpaired) electrons. The highest BCUT2D eigenvalue weighted by molar-refractivity contribution is 9.10. The molecule has 0 heterocycles. The molecule has 15 heavy (non-hydrogen) atoms. The fraction of sp³-hybridized carbons (Fsp3) is 0.538. The van der Waals surface area contributed by atoms with Crippen LogP contribution in [0.1, 0.15) is 31.2 Å². The van der Waals surface area contributed by atoms with Crippen molar-refractivity contribution in [3.05, 3.63) is 34.3 Å². The average molecular weight is 268 g/mol. The standard InChI is InChI=1S/C13H18BrN/c14-13-7-3-6-12(8-13)10-15-9-11-4-1-2-5-11/h3,6-8,11,15H,1-2,4-5,9-10H2. The molecule has 2 rings (SSSR count). The third kappa shape index (κ3) is 3.62. The average Bonchev–Trinajstić information content (AvgIpc) is 2.71. The first-order chi connectivity index (χ1) is 7.34. The molecule has 1 aromatic carbocycles. The molecule has 1 aromatic rings. The van der Waals surface area contributed by atoms with Gasteiger partial charge in [-0.15, -0.1) is 0 Å². The van der Waals surface area contributed by atoms with Crippen molar-refractivity contribution >= 4 is 15.9 Å². The maximum atomic E-state index is 3.55. The molecule has 0 bridgehead atoms. The van der Waals surface area contributed by atoms with Gasteiger partial charge in [0.1, 0.15) is 0 Å². The van der Waals surface area contributed by atoms with Gasteiger partial charge in [0.25, 0.3) is 0 Å². The number of halogens is 1. The van der Waals surface area contributed by atoms with Crippen molar-refractivity contribution in [1.82, 2.24) is 5.32 Å². The Kier molecular flexibility index (Phi) is 4.21. The first-order valence-electron chi connectivity index (χ1n) is 5.80. The van der Waals surface area contributed by atoms with Crippen LogP contribution in [0.15, 0.2) is 28.7 Å². The van der Waals surface area contributed by atoms with Gasteiger partial charge in [-0.25, -0.2) is 0 Å². The minimum absolute atomic E-state index is 0.928. The lowest BCUT2D eigenvalue weighted by molar-refractivity contribution is 0.489. The van der Waals surface area contributed by atoms with E-state index in [2.05, 4.69) is 45.5 Å².